The quantitative estimate of drug-likeness (QED) is 0.0242. The number of phosphoric acid groups is 1. The molecule has 0 fully saturated rings. The van der Waals surface area contributed by atoms with Crippen molar-refractivity contribution in [3.8, 4) is 0 Å². The zero-order valence-corrected chi connectivity index (χ0v) is 32.8. The summed E-state index contributed by atoms with van der Waals surface area (Å²) in [5.74, 6) is -1.79. The highest BCUT2D eigenvalue weighted by atomic mass is 31.2. The van der Waals surface area contributed by atoms with Gasteiger partial charge in [0.05, 0.1) is 19.8 Å². The number of carbonyl (C=O) groups excluding carboxylic acids is 1. The van der Waals surface area contributed by atoms with Gasteiger partial charge in [-0.15, -0.1) is 0 Å². The summed E-state index contributed by atoms with van der Waals surface area (Å²) >= 11 is 0. The first-order valence-electron chi connectivity index (χ1n) is 19.7. The Labute approximate surface area is 309 Å². The molecule has 0 saturated heterocycles. The number of unbranched alkanes of at least 4 members (excludes halogenated alkanes) is 15. The Bertz CT molecular complexity index is 998. The van der Waals surface area contributed by atoms with Gasteiger partial charge in [-0.25, -0.2) is 4.57 Å². The maximum Gasteiger partial charge on any atom is 0.472 e. The van der Waals surface area contributed by atoms with Crippen LogP contribution in [0.3, 0.4) is 0 Å². The van der Waals surface area contributed by atoms with Crippen molar-refractivity contribution in [1.82, 2.24) is 0 Å². The number of carboxylic acid groups (broad SMARTS) is 1. The lowest BCUT2D eigenvalue weighted by Gasteiger charge is -2.20. The molecular formula is C40H72NO9P. The van der Waals surface area contributed by atoms with Crippen LogP contribution < -0.4 is 5.73 Å². The van der Waals surface area contributed by atoms with Crippen LogP contribution in [-0.2, 0) is 32.7 Å². The van der Waals surface area contributed by atoms with Crippen LogP contribution in [0, 0.1) is 0 Å². The predicted octanol–water partition coefficient (Wildman–Crippen LogP) is 10.3. The summed E-state index contributed by atoms with van der Waals surface area (Å²) in [6.07, 6.45) is 40.5. The number of carboxylic acids is 1. The first kappa shape index (κ1) is 48.9. The van der Waals surface area contributed by atoms with Crippen molar-refractivity contribution in [2.24, 2.45) is 5.73 Å². The highest BCUT2D eigenvalue weighted by Crippen LogP contribution is 2.43. The van der Waals surface area contributed by atoms with Crippen LogP contribution in [-0.4, -0.2) is 60.5 Å². The number of esters is 1. The van der Waals surface area contributed by atoms with Gasteiger partial charge < -0.3 is 25.2 Å². The van der Waals surface area contributed by atoms with Crippen LogP contribution in [0.25, 0.3) is 0 Å². The molecule has 0 aromatic heterocycles. The van der Waals surface area contributed by atoms with Gasteiger partial charge in [0.25, 0.3) is 0 Å². The summed E-state index contributed by atoms with van der Waals surface area (Å²) < 4.78 is 33.1. The van der Waals surface area contributed by atoms with E-state index >= 15 is 0 Å². The topological polar surface area (TPSA) is 155 Å². The van der Waals surface area contributed by atoms with Crippen molar-refractivity contribution in [2.45, 2.75) is 167 Å². The van der Waals surface area contributed by atoms with Crippen molar-refractivity contribution in [1.29, 1.82) is 0 Å². The second-order valence-electron chi connectivity index (χ2n) is 13.0. The van der Waals surface area contributed by atoms with E-state index in [2.05, 4.69) is 67.0 Å². The fourth-order valence-electron chi connectivity index (χ4n) is 5.06. The Balaban J connectivity index is 4.11. The van der Waals surface area contributed by atoms with Crippen molar-refractivity contribution in [2.75, 3.05) is 26.4 Å². The van der Waals surface area contributed by atoms with Crippen LogP contribution >= 0.6 is 7.82 Å². The minimum absolute atomic E-state index is 0.0122. The number of ether oxygens (including phenoxy) is 2. The fourth-order valence-corrected chi connectivity index (χ4v) is 5.84. The van der Waals surface area contributed by atoms with Gasteiger partial charge in [-0.2, -0.15) is 0 Å². The summed E-state index contributed by atoms with van der Waals surface area (Å²) in [7, 11) is -4.61. The van der Waals surface area contributed by atoms with Gasteiger partial charge in [0.2, 0.25) is 0 Å². The third kappa shape index (κ3) is 36.1. The third-order valence-corrected chi connectivity index (χ3v) is 9.07. The lowest BCUT2D eigenvalue weighted by molar-refractivity contribution is -0.154. The molecule has 0 radical (unpaired) electrons. The number of nitrogens with two attached hydrogens (primary N) is 1. The predicted molar refractivity (Wildman–Crippen MR) is 208 cm³/mol. The maximum absolute atomic E-state index is 12.5. The molecule has 0 bridgehead atoms. The first-order valence-corrected chi connectivity index (χ1v) is 21.2. The number of hydrogen-bond donors (Lipinski definition) is 3. The van der Waals surface area contributed by atoms with Crippen molar-refractivity contribution >= 4 is 19.8 Å². The molecule has 0 amide bonds. The molecule has 10 nitrogen and oxygen atoms in total. The standard InChI is InChI=1S/C40H72NO9P/c1-3-5-7-9-11-12-13-14-15-16-17-18-19-20-21-22-23-24-25-27-29-31-33-47-34-37(35-48-51(45,46)49-36-38(41)40(43)44)50-39(42)32-30-28-26-10-8-6-4-2/h5,7,11-12,14-15,17-18,37-38H,3-4,6,8-10,13,16,19-36,41H2,1-2H3,(H,43,44)(H,45,46)/b7-5-,12-11-,15-14-,18-17-. The lowest BCUT2D eigenvalue weighted by Crippen LogP contribution is -2.34. The van der Waals surface area contributed by atoms with Gasteiger partial charge in [-0.05, 0) is 51.4 Å². The normalized spacial score (nSPS) is 14.6. The lowest BCUT2D eigenvalue weighted by atomic mass is 10.1. The van der Waals surface area contributed by atoms with E-state index in [0.717, 1.165) is 70.6 Å². The first-order chi connectivity index (χ1) is 24.7. The number of rotatable bonds is 37. The average Bonchev–Trinajstić information content (AvgIpc) is 3.10. The molecule has 0 aliphatic heterocycles. The third-order valence-electron chi connectivity index (χ3n) is 8.12. The number of aliphatic carboxylic acids is 1. The van der Waals surface area contributed by atoms with E-state index in [-0.39, 0.29) is 13.0 Å². The highest BCUT2D eigenvalue weighted by Gasteiger charge is 2.27. The molecule has 296 valence electrons. The highest BCUT2D eigenvalue weighted by molar-refractivity contribution is 7.47. The number of phosphoric ester groups is 1. The molecule has 3 atom stereocenters. The van der Waals surface area contributed by atoms with E-state index in [4.69, 9.17) is 24.8 Å². The van der Waals surface area contributed by atoms with Gasteiger partial charge in [-0.3, -0.25) is 18.6 Å². The Hall–Kier alpha value is -2.07. The summed E-state index contributed by atoms with van der Waals surface area (Å²) in [5.41, 5.74) is 5.33. The Kier molecular flexibility index (Phi) is 34.8. The van der Waals surface area contributed by atoms with Crippen LogP contribution in [0.15, 0.2) is 48.6 Å². The number of allylic oxidation sites excluding steroid dienone is 8. The van der Waals surface area contributed by atoms with Gasteiger partial charge in [0.15, 0.2) is 0 Å². The molecule has 0 saturated carbocycles. The van der Waals surface area contributed by atoms with Crippen LogP contribution in [0.2, 0.25) is 0 Å². The molecule has 0 heterocycles. The second-order valence-corrected chi connectivity index (χ2v) is 14.5. The fraction of sp³-hybridized carbons (Fsp3) is 0.750. The second kappa shape index (κ2) is 36.3. The molecule has 0 aliphatic rings. The monoisotopic (exact) mass is 741 g/mol. The zero-order valence-electron chi connectivity index (χ0n) is 31.9. The Morgan fingerprint density at radius 1 is 0.647 bits per heavy atom. The van der Waals surface area contributed by atoms with Crippen LogP contribution in [0.4, 0.5) is 0 Å². The van der Waals surface area contributed by atoms with Crippen molar-refractivity contribution < 1.29 is 42.7 Å². The molecular weight excluding hydrogens is 669 g/mol. The SMILES string of the molecule is CC/C=C\C/C=C\C/C=C\C/C=C\CCCCCCCCCCCOCC(COP(=O)(O)OCC(N)C(=O)O)OC(=O)CCCCCCCCC. The van der Waals surface area contributed by atoms with Crippen LogP contribution in [0.1, 0.15) is 155 Å². The Morgan fingerprint density at radius 2 is 1.14 bits per heavy atom. The van der Waals surface area contributed by atoms with E-state index < -0.39 is 45.1 Å². The molecule has 11 heteroatoms. The van der Waals surface area contributed by atoms with Crippen LogP contribution in [0.5, 0.6) is 0 Å². The van der Waals surface area contributed by atoms with E-state index in [1.54, 1.807) is 0 Å². The van der Waals surface area contributed by atoms with Gasteiger partial charge in [0.1, 0.15) is 12.1 Å². The van der Waals surface area contributed by atoms with E-state index in [0.29, 0.717) is 13.0 Å². The molecule has 0 rings (SSSR count). The van der Waals surface area contributed by atoms with E-state index in [9.17, 15) is 19.0 Å². The molecule has 51 heavy (non-hydrogen) atoms. The summed E-state index contributed by atoms with van der Waals surface area (Å²) in [4.78, 5) is 33.2. The minimum atomic E-state index is -4.61. The van der Waals surface area contributed by atoms with E-state index in [1.807, 2.05) is 0 Å². The van der Waals surface area contributed by atoms with E-state index in [1.165, 1.54) is 57.8 Å². The smallest absolute Gasteiger partial charge is 0.472 e. The summed E-state index contributed by atoms with van der Waals surface area (Å²) in [6, 6.07) is -1.47. The largest absolute Gasteiger partial charge is 0.480 e. The van der Waals surface area contributed by atoms with Gasteiger partial charge in [-0.1, -0.05) is 146 Å². The molecule has 3 unspecified atom stereocenters. The molecule has 0 aromatic carbocycles. The molecule has 0 aromatic rings. The number of hydrogen-bond acceptors (Lipinski definition) is 8. The zero-order chi connectivity index (χ0) is 37.7. The summed E-state index contributed by atoms with van der Waals surface area (Å²) in [5, 5.41) is 8.85. The molecule has 0 spiro atoms. The minimum Gasteiger partial charge on any atom is -0.480 e. The molecule has 0 aliphatic carbocycles. The average molecular weight is 742 g/mol. The van der Waals surface area contributed by atoms with Gasteiger partial charge >= 0.3 is 19.8 Å². The van der Waals surface area contributed by atoms with Crippen molar-refractivity contribution in [3.05, 3.63) is 48.6 Å². The maximum atomic E-state index is 12.5. The van der Waals surface area contributed by atoms with Gasteiger partial charge in [0, 0.05) is 13.0 Å². The Morgan fingerprint density at radius 3 is 1.71 bits per heavy atom. The number of carbonyl (C=O) groups is 2. The van der Waals surface area contributed by atoms with Crippen molar-refractivity contribution in [3.63, 3.8) is 0 Å². The summed E-state index contributed by atoms with van der Waals surface area (Å²) in [6.45, 7) is 3.68. The molecule has 4 N–H and O–H groups in total.